The fourth-order valence-corrected chi connectivity index (χ4v) is 4.85. The fourth-order valence-electron chi connectivity index (χ4n) is 2.94. The number of rotatable bonds is 5. The third-order valence-electron chi connectivity index (χ3n) is 4.20. The Morgan fingerprint density at radius 2 is 1.85 bits per heavy atom. The summed E-state index contributed by atoms with van der Waals surface area (Å²) in [6.45, 7) is 6.52. The average Bonchev–Trinajstić information content (AvgIpc) is 2.62. The number of hydrogen-bond donors (Lipinski definition) is 1. The molecule has 1 fully saturated rings. The molecule has 9 heteroatoms. The molecule has 7 nitrogen and oxygen atoms in total. The topological polar surface area (TPSA) is 78.4 Å². The summed E-state index contributed by atoms with van der Waals surface area (Å²) in [5.74, 6) is 2.27. The van der Waals surface area contributed by atoms with Crippen LogP contribution in [0, 0.1) is 6.92 Å². The van der Waals surface area contributed by atoms with E-state index in [2.05, 4.69) is 20.2 Å². The van der Waals surface area contributed by atoms with Gasteiger partial charge in [0.05, 0.1) is 5.02 Å². The highest BCUT2D eigenvalue weighted by molar-refractivity contribution is 7.89. The lowest BCUT2D eigenvalue weighted by Crippen LogP contribution is -2.49. The van der Waals surface area contributed by atoms with Crippen LogP contribution in [0.5, 0.6) is 0 Å². The summed E-state index contributed by atoms with van der Waals surface area (Å²) in [5.41, 5.74) is 0. The van der Waals surface area contributed by atoms with Crippen LogP contribution in [0.1, 0.15) is 12.7 Å². The van der Waals surface area contributed by atoms with Gasteiger partial charge in [0.1, 0.15) is 22.4 Å². The molecule has 1 saturated heterocycles. The van der Waals surface area contributed by atoms with Crippen molar-refractivity contribution in [1.82, 2.24) is 14.3 Å². The third-order valence-corrected chi connectivity index (χ3v) is 6.60. The summed E-state index contributed by atoms with van der Waals surface area (Å²) in [7, 11) is -3.59. The molecule has 26 heavy (non-hydrogen) atoms. The van der Waals surface area contributed by atoms with Crippen molar-refractivity contribution in [2.45, 2.75) is 18.7 Å². The van der Waals surface area contributed by atoms with Crippen LogP contribution in [-0.2, 0) is 10.0 Å². The number of anilines is 2. The van der Waals surface area contributed by atoms with Gasteiger partial charge in [-0.25, -0.2) is 18.4 Å². The molecule has 1 aliphatic rings. The number of piperazine rings is 1. The molecular formula is C17H22ClN5O2S. The molecule has 0 spiro atoms. The Hall–Kier alpha value is -1.90. The Morgan fingerprint density at radius 3 is 2.50 bits per heavy atom. The first-order chi connectivity index (χ1) is 12.4. The van der Waals surface area contributed by atoms with E-state index in [0.29, 0.717) is 32.0 Å². The molecule has 1 N–H and O–H groups in total. The summed E-state index contributed by atoms with van der Waals surface area (Å²) in [5, 5.41) is 3.44. The first-order valence-corrected chi connectivity index (χ1v) is 10.3. The summed E-state index contributed by atoms with van der Waals surface area (Å²) in [6, 6.07) is 8.44. The summed E-state index contributed by atoms with van der Waals surface area (Å²) < 4.78 is 27.1. The van der Waals surface area contributed by atoms with Crippen molar-refractivity contribution in [3.8, 4) is 0 Å². The second-order valence-electron chi connectivity index (χ2n) is 6.01. The normalized spacial score (nSPS) is 15.9. The van der Waals surface area contributed by atoms with Crippen molar-refractivity contribution in [1.29, 1.82) is 0 Å². The fraction of sp³-hybridized carbons (Fsp3) is 0.412. The lowest BCUT2D eigenvalue weighted by molar-refractivity contribution is 0.383. The minimum atomic E-state index is -3.59. The van der Waals surface area contributed by atoms with E-state index in [0.717, 1.165) is 18.2 Å². The van der Waals surface area contributed by atoms with Gasteiger partial charge < -0.3 is 10.2 Å². The maximum absolute atomic E-state index is 12.8. The molecule has 0 unspecified atom stereocenters. The predicted octanol–water partition coefficient (Wildman–Crippen LogP) is 2.38. The van der Waals surface area contributed by atoms with Gasteiger partial charge in [-0.05, 0) is 26.0 Å². The van der Waals surface area contributed by atoms with Gasteiger partial charge in [0.25, 0.3) is 0 Å². The maximum Gasteiger partial charge on any atom is 0.244 e. The van der Waals surface area contributed by atoms with Crippen LogP contribution in [0.3, 0.4) is 0 Å². The lowest BCUT2D eigenvalue weighted by Gasteiger charge is -2.35. The predicted molar refractivity (Wildman–Crippen MR) is 103 cm³/mol. The summed E-state index contributed by atoms with van der Waals surface area (Å²) >= 11 is 6.08. The van der Waals surface area contributed by atoms with Crippen LogP contribution < -0.4 is 10.2 Å². The van der Waals surface area contributed by atoms with Crippen molar-refractivity contribution < 1.29 is 8.42 Å². The van der Waals surface area contributed by atoms with Crippen molar-refractivity contribution in [2.75, 3.05) is 42.9 Å². The van der Waals surface area contributed by atoms with Gasteiger partial charge >= 0.3 is 0 Å². The number of nitrogens with zero attached hydrogens (tertiary/aromatic N) is 4. The molecular weight excluding hydrogens is 374 g/mol. The molecule has 0 bridgehead atoms. The number of hydrogen-bond acceptors (Lipinski definition) is 6. The zero-order valence-corrected chi connectivity index (χ0v) is 16.4. The van der Waals surface area contributed by atoms with Gasteiger partial charge in [-0.15, -0.1) is 0 Å². The number of benzene rings is 1. The molecule has 0 atom stereocenters. The molecule has 1 aromatic heterocycles. The van der Waals surface area contributed by atoms with Crippen LogP contribution in [0.25, 0.3) is 0 Å². The zero-order chi connectivity index (χ0) is 18.7. The quantitative estimate of drug-likeness (QED) is 0.837. The maximum atomic E-state index is 12.8. The minimum Gasteiger partial charge on any atom is -0.370 e. The molecule has 3 rings (SSSR count). The average molecular weight is 396 g/mol. The Morgan fingerprint density at radius 1 is 1.15 bits per heavy atom. The molecule has 0 radical (unpaired) electrons. The molecule has 0 amide bonds. The van der Waals surface area contributed by atoms with Crippen LogP contribution >= 0.6 is 11.6 Å². The van der Waals surface area contributed by atoms with Crippen molar-refractivity contribution in [2.24, 2.45) is 0 Å². The lowest BCUT2D eigenvalue weighted by atomic mass is 10.3. The Labute approximate surface area is 159 Å². The molecule has 0 aliphatic carbocycles. The van der Waals surface area contributed by atoms with E-state index < -0.39 is 10.0 Å². The monoisotopic (exact) mass is 395 g/mol. The Bertz CT molecular complexity index is 882. The van der Waals surface area contributed by atoms with E-state index >= 15 is 0 Å². The largest absolute Gasteiger partial charge is 0.370 e. The first kappa shape index (κ1) is 18.9. The number of aryl methyl sites for hydroxylation is 1. The van der Waals surface area contributed by atoms with Crippen LogP contribution in [0.15, 0.2) is 35.2 Å². The van der Waals surface area contributed by atoms with E-state index in [1.54, 1.807) is 24.3 Å². The standard InChI is InChI=1S/C17H22ClN5O2S/c1-3-19-16-12-17(21-13(2)20-16)22-8-10-23(11-9-22)26(24,25)15-7-5-4-6-14(15)18/h4-7,12H,3,8-11H2,1-2H3,(H,19,20,21). The number of halogens is 1. The number of nitrogens with one attached hydrogen (secondary N) is 1. The van der Waals surface area contributed by atoms with Gasteiger partial charge in [-0.2, -0.15) is 4.31 Å². The number of aromatic nitrogens is 2. The molecule has 0 saturated carbocycles. The van der Waals surface area contributed by atoms with Crippen LogP contribution in [0.2, 0.25) is 5.02 Å². The van der Waals surface area contributed by atoms with E-state index in [4.69, 9.17) is 11.6 Å². The molecule has 2 aromatic rings. The van der Waals surface area contributed by atoms with E-state index in [1.807, 2.05) is 19.9 Å². The molecule has 1 aromatic carbocycles. The van der Waals surface area contributed by atoms with E-state index in [9.17, 15) is 8.42 Å². The van der Waals surface area contributed by atoms with Gasteiger partial charge in [0.2, 0.25) is 10.0 Å². The smallest absolute Gasteiger partial charge is 0.244 e. The highest BCUT2D eigenvalue weighted by Crippen LogP contribution is 2.26. The van der Waals surface area contributed by atoms with E-state index in [1.165, 1.54) is 4.31 Å². The van der Waals surface area contributed by atoms with E-state index in [-0.39, 0.29) is 9.92 Å². The molecule has 1 aliphatic heterocycles. The second kappa shape index (κ2) is 7.77. The molecule has 2 heterocycles. The third kappa shape index (κ3) is 3.92. The van der Waals surface area contributed by atoms with Gasteiger partial charge in [0.15, 0.2) is 0 Å². The van der Waals surface area contributed by atoms with Gasteiger partial charge in [0, 0.05) is 38.8 Å². The Balaban J connectivity index is 1.74. The Kier molecular flexibility index (Phi) is 5.64. The number of sulfonamides is 1. The van der Waals surface area contributed by atoms with Crippen LogP contribution in [-0.4, -0.2) is 55.4 Å². The van der Waals surface area contributed by atoms with Crippen molar-refractivity contribution >= 4 is 33.3 Å². The second-order valence-corrected chi connectivity index (χ2v) is 8.32. The van der Waals surface area contributed by atoms with Crippen LogP contribution in [0.4, 0.5) is 11.6 Å². The van der Waals surface area contributed by atoms with Gasteiger partial charge in [-0.3, -0.25) is 0 Å². The summed E-state index contributed by atoms with van der Waals surface area (Å²) in [4.78, 5) is 11.1. The highest BCUT2D eigenvalue weighted by Gasteiger charge is 2.30. The highest BCUT2D eigenvalue weighted by atomic mass is 35.5. The van der Waals surface area contributed by atoms with Crippen molar-refractivity contribution in [3.63, 3.8) is 0 Å². The van der Waals surface area contributed by atoms with Gasteiger partial charge in [-0.1, -0.05) is 23.7 Å². The zero-order valence-electron chi connectivity index (χ0n) is 14.8. The SMILES string of the molecule is CCNc1cc(N2CCN(S(=O)(=O)c3ccccc3Cl)CC2)nc(C)n1. The minimum absolute atomic E-state index is 0.155. The molecule has 140 valence electrons. The van der Waals surface area contributed by atoms with Crippen molar-refractivity contribution in [3.05, 3.63) is 41.2 Å². The first-order valence-electron chi connectivity index (χ1n) is 8.51. The summed E-state index contributed by atoms with van der Waals surface area (Å²) in [6.07, 6.45) is 0.